The molecule has 0 aromatic carbocycles. The maximum atomic E-state index is 4.01. The molecule has 1 heteroatoms. The minimum absolute atomic E-state index is 1.15. The van der Waals surface area contributed by atoms with E-state index in [9.17, 15) is 0 Å². The molecule has 0 radical (unpaired) electrons. The Bertz CT molecular complexity index is 349. The van der Waals surface area contributed by atoms with Crippen LogP contribution in [0.3, 0.4) is 0 Å². The van der Waals surface area contributed by atoms with Gasteiger partial charge in [-0.15, -0.1) is 0 Å². The molecule has 0 aliphatic carbocycles. The molecule has 1 aromatic heterocycles. The highest BCUT2D eigenvalue weighted by molar-refractivity contribution is 5.36. The van der Waals surface area contributed by atoms with Gasteiger partial charge in [0.25, 0.3) is 0 Å². The smallest absolute Gasteiger partial charge is 0.0343 e. The molecule has 0 saturated heterocycles. The lowest BCUT2D eigenvalue weighted by atomic mass is 10.3. The molecule has 0 saturated carbocycles. The van der Waals surface area contributed by atoms with Crippen LogP contribution in [0, 0.1) is 0 Å². The first-order chi connectivity index (χ1) is 5.38. The average molecular weight is 145 g/mol. The second-order valence-electron chi connectivity index (χ2n) is 2.20. The van der Waals surface area contributed by atoms with Gasteiger partial charge < -0.3 is 0 Å². The van der Waals surface area contributed by atoms with Crippen LogP contribution in [-0.4, -0.2) is 4.98 Å². The Morgan fingerprint density at radius 2 is 2.27 bits per heavy atom. The van der Waals surface area contributed by atoms with Crippen molar-refractivity contribution in [1.82, 2.24) is 4.98 Å². The molecule has 0 spiro atoms. The molecule has 11 heavy (non-hydrogen) atoms. The number of aromatic nitrogens is 1. The monoisotopic (exact) mass is 145 g/mol. The van der Waals surface area contributed by atoms with Crippen LogP contribution in [0.25, 0.3) is 12.2 Å². The van der Waals surface area contributed by atoms with E-state index >= 15 is 0 Å². The highest BCUT2D eigenvalue weighted by Crippen LogP contribution is 1.67. The molecule has 1 aromatic rings. The number of hydrogen-bond acceptors (Lipinski definition) is 1. The lowest BCUT2D eigenvalue weighted by Crippen LogP contribution is -2.23. The molecule has 0 N–H and O–H groups in total. The zero-order chi connectivity index (χ0) is 8.10. The summed E-state index contributed by atoms with van der Waals surface area (Å²) in [7, 11) is 0. The van der Waals surface area contributed by atoms with Crippen molar-refractivity contribution < 1.29 is 0 Å². The SMILES string of the molecule is C=CC=c1ccncc1=CC. The lowest BCUT2D eigenvalue weighted by Gasteiger charge is -1.85. The van der Waals surface area contributed by atoms with E-state index in [0.29, 0.717) is 0 Å². The normalized spacial score (nSPS) is 13.5. The molecular weight excluding hydrogens is 134 g/mol. The van der Waals surface area contributed by atoms with Crippen molar-refractivity contribution >= 4 is 12.2 Å². The van der Waals surface area contributed by atoms with Gasteiger partial charge in [-0.1, -0.05) is 24.8 Å². The number of nitrogens with zero attached hydrogens (tertiary/aromatic N) is 1. The van der Waals surface area contributed by atoms with E-state index in [-0.39, 0.29) is 0 Å². The van der Waals surface area contributed by atoms with Crippen LogP contribution in [0.15, 0.2) is 31.1 Å². The van der Waals surface area contributed by atoms with Crippen molar-refractivity contribution in [3.8, 4) is 0 Å². The van der Waals surface area contributed by atoms with Crippen LogP contribution in [0.4, 0.5) is 0 Å². The maximum absolute atomic E-state index is 4.01. The Morgan fingerprint density at radius 3 is 2.91 bits per heavy atom. The Hall–Kier alpha value is -1.37. The van der Waals surface area contributed by atoms with Crippen molar-refractivity contribution in [1.29, 1.82) is 0 Å². The second kappa shape index (κ2) is 3.71. The van der Waals surface area contributed by atoms with Gasteiger partial charge >= 0.3 is 0 Å². The van der Waals surface area contributed by atoms with Gasteiger partial charge in [0.1, 0.15) is 0 Å². The molecule has 0 amide bonds. The third-order valence-corrected chi connectivity index (χ3v) is 1.50. The zero-order valence-electron chi connectivity index (χ0n) is 6.62. The van der Waals surface area contributed by atoms with Gasteiger partial charge in [-0.3, -0.25) is 4.98 Å². The average Bonchev–Trinajstić information content (AvgIpc) is 2.06. The molecule has 0 bridgehead atoms. The lowest BCUT2D eigenvalue weighted by molar-refractivity contribution is 1.27. The predicted molar refractivity (Wildman–Crippen MR) is 48.3 cm³/mol. The predicted octanol–water partition coefficient (Wildman–Crippen LogP) is 0.849. The summed E-state index contributed by atoms with van der Waals surface area (Å²) in [5, 5.41) is 2.31. The molecule has 0 fully saturated rings. The third kappa shape index (κ3) is 1.77. The highest BCUT2D eigenvalue weighted by Gasteiger charge is 1.79. The molecule has 56 valence electrons. The molecule has 0 aliphatic rings. The van der Waals surface area contributed by atoms with Gasteiger partial charge in [0.15, 0.2) is 0 Å². The first kappa shape index (κ1) is 7.73. The van der Waals surface area contributed by atoms with E-state index in [1.807, 2.05) is 31.3 Å². The first-order valence-electron chi connectivity index (χ1n) is 3.57. The largest absolute Gasteiger partial charge is 0.264 e. The Labute approximate surface area is 66.4 Å². The van der Waals surface area contributed by atoms with Crippen LogP contribution >= 0.6 is 0 Å². The quantitative estimate of drug-likeness (QED) is 0.571. The summed E-state index contributed by atoms with van der Waals surface area (Å²) in [6.45, 7) is 5.64. The van der Waals surface area contributed by atoms with Crippen LogP contribution in [0.5, 0.6) is 0 Å². The van der Waals surface area contributed by atoms with Gasteiger partial charge in [0.2, 0.25) is 0 Å². The van der Waals surface area contributed by atoms with Crippen molar-refractivity contribution in [2.24, 2.45) is 0 Å². The van der Waals surface area contributed by atoms with Crippen molar-refractivity contribution in [2.45, 2.75) is 6.92 Å². The number of hydrogen-bond donors (Lipinski definition) is 0. The molecule has 1 rings (SSSR count). The summed E-state index contributed by atoms with van der Waals surface area (Å²) in [5.41, 5.74) is 0. The fourth-order valence-electron chi connectivity index (χ4n) is 0.937. The number of allylic oxidation sites excluding steroid dienone is 1. The van der Waals surface area contributed by atoms with E-state index < -0.39 is 0 Å². The van der Waals surface area contributed by atoms with Crippen LogP contribution in [0.2, 0.25) is 0 Å². The summed E-state index contributed by atoms with van der Waals surface area (Å²) in [6, 6.07) is 1.97. The summed E-state index contributed by atoms with van der Waals surface area (Å²) in [4.78, 5) is 4.01. The first-order valence-corrected chi connectivity index (χ1v) is 3.57. The van der Waals surface area contributed by atoms with E-state index in [1.54, 1.807) is 12.3 Å². The van der Waals surface area contributed by atoms with Crippen molar-refractivity contribution in [3.05, 3.63) is 41.6 Å². The Balaban J connectivity index is 3.48. The maximum Gasteiger partial charge on any atom is 0.0343 e. The number of rotatable bonds is 1. The van der Waals surface area contributed by atoms with Gasteiger partial charge in [0, 0.05) is 12.4 Å². The molecular formula is C10H11N. The van der Waals surface area contributed by atoms with Gasteiger partial charge in [-0.25, -0.2) is 0 Å². The van der Waals surface area contributed by atoms with Crippen LogP contribution in [-0.2, 0) is 0 Å². The zero-order valence-corrected chi connectivity index (χ0v) is 6.62. The van der Waals surface area contributed by atoms with Crippen LogP contribution < -0.4 is 10.4 Å². The third-order valence-electron chi connectivity index (χ3n) is 1.50. The second-order valence-corrected chi connectivity index (χ2v) is 2.20. The summed E-state index contributed by atoms with van der Waals surface area (Å²) in [6.07, 6.45) is 9.40. The fourth-order valence-corrected chi connectivity index (χ4v) is 0.937. The van der Waals surface area contributed by atoms with E-state index in [1.165, 1.54) is 0 Å². The standard InChI is InChI=1S/C10H11N/c1-3-5-10-6-7-11-8-9(10)4-2/h3-8H,1H2,2H3. The molecule has 1 heterocycles. The van der Waals surface area contributed by atoms with E-state index in [0.717, 1.165) is 10.4 Å². The molecule has 1 nitrogen and oxygen atoms in total. The summed E-state index contributed by atoms with van der Waals surface area (Å²) >= 11 is 0. The van der Waals surface area contributed by atoms with Gasteiger partial charge in [-0.05, 0) is 23.4 Å². The van der Waals surface area contributed by atoms with Gasteiger partial charge in [0.05, 0.1) is 0 Å². The molecule has 0 aliphatic heterocycles. The van der Waals surface area contributed by atoms with Crippen LogP contribution in [0.1, 0.15) is 6.92 Å². The Morgan fingerprint density at radius 1 is 1.45 bits per heavy atom. The van der Waals surface area contributed by atoms with E-state index in [2.05, 4.69) is 11.6 Å². The molecule has 0 unspecified atom stereocenters. The topological polar surface area (TPSA) is 12.9 Å². The van der Waals surface area contributed by atoms with Crippen molar-refractivity contribution in [2.75, 3.05) is 0 Å². The minimum Gasteiger partial charge on any atom is -0.264 e. The van der Waals surface area contributed by atoms with Gasteiger partial charge in [-0.2, -0.15) is 0 Å². The Kier molecular flexibility index (Phi) is 2.61. The molecule has 0 atom stereocenters. The number of pyridine rings is 1. The highest BCUT2D eigenvalue weighted by atomic mass is 14.6. The summed E-state index contributed by atoms with van der Waals surface area (Å²) in [5.74, 6) is 0. The minimum atomic E-state index is 1.15. The van der Waals surface area contributed by atoms with E-state index in [4.69, 9.17) is 0 Å². The summed E-state index contributed by atoms with van der Waals surface area (Å²) < 4.78 is 0. The van der Waals surface area contributed by atoms with Crippen molar-refractivity contribution in [3.63, 3.8) is 0 Å². The fraction of sp³-hybridized carbons (Fsp3) is 0.100.